The lowest BCUT2D eigenvalue weighted by atomic mass is 10.4. The molecule has 0 aromatic carbocycles. The van der Waals surface area contributed by atoms with Gasteiger partial charge in [-0.15, -0.1) is 0 Å². The molecule has 5 heteroatoms. The van der Waals surface area contributed by atoms with E-state index in [1.165, 1.54) is 12.8 Å². The highest BCUT2D eigenvalue weighted by Crippen LogP contribution is 2.19. The molecule has 3 heterocycles. The summed E-state index contributed by atoms with van der Waals surface area (Å²) in [5.74, 6) is 1.73. The van der Waals surface area contributed by atoms with Crippen molar-refractivity contribution in [3.8, 4) is 5.95 Å². The van der Waals surface area contributed by atoms with Crippen LogP contribution >= 0.6 is 0 Å². The molecule has 1 saturated heterocycles. The largest absolute Gasteiger partial charge is 0.356 e. The Kier molecular flexibility index (Phi) is 2.51. The first-order chi connectivity index (χ1) is 8.33. The third kappa shape index (κ3) is 2.00. The van der Waals surface area contributed by atoms with Gasteiger partial charge in [0.2, 0.25) is 5.95 Å². The van der Waals surface area contributed by atoms with Gasteiger partial charge < -0.3 is 4.90 Å². The standard InChI is InChI=1S/C12H15N5/c1-10-8-11(16-5-2-3-6-16)15-12(14-10)17-7-4-13-9-17/h4,7-9H,2-3,5-6H2,1H3. The van der Waals surface area contributed by atoms with E-state index in [0.717, 1.165) is 24.6 Å². The zero-order chi connectivity index (χ0) is 11.7. The van der Waals surface area contributed by atoms with Crippen LogP contribution in [0.15, 0.2) is 24.8 Å². The molecule has 1 aliphatic heterocycles. The molecule has 1 aliphatic rings. The maximum Gasteiger partial charge on any atom is 0.237 e. The van der Waals surface area contributed by atoms with Gasteiger partial charge in [-0.2, -0.15) is 4.98 Å². The van der Waals surface area contributed by atoms with Crippen LogP contribution in [0, 0.1) is 6.92 Å². The van der Waals surface area contributed by atoms with E-state index in [-0.39, 0.29) is 0 Å². The lowest BCUT2D eigenvalue weighted by Crippen LogP contribution is -2.20. The van der Waals surface area contributed by atoms with Crippen molar-refractivity contribution in [3.05, 3.63) is 30.5 Å². The molecule has 0 N–H and O–H groups in total. The average molecular weight is 229 g/mol. The molecule has 88 valence electrons. The van der Waals surface area contributed by atoms with Gasteiger partial charge in [-0.1, -0.05) is 0 Å². The van der Waals surface area contributed by atoms with Crippen LogP contribution in [0.25, 0.3) is 5.95 Å². The molecular weight excluding hydrogens is 214 g/mol. The van der Waals surface area contributed by atoms with Crippen molar-refractivity contribution in [3.63, 3.8) is 0 Å². The molecule has 0 aliphatic carbocycles. The second-order valence-corrected chi connectivity index (χ2v) is 4.33. The number of aromatic nitrogens is 4. The fourth-order valence-electron chi connectivity index (χ4n) is 2.14. The number of rotatable bonds is 2. The third-order valence-corrected chi connectivity index (χ3v) is 2.99. The molecular formula is C12H15N5. The third-order valence-electron chi connectivity index (χ3n) is 2.99. The second kappa shape index (κ2) is 4.16. The minimum atomic E-state index is 0.699. The summed E-state index contributed by atoms with van der Waals surface area (Å²) in [6.45, 7) is 4.20. The van der Waals surface area contributed by atoms with E-state index in [0.29, 0.717) is 5.95 Å². The summed E-state index contributed by atoms with van der Waals surface area (Å²) in [4.78, 5) is 15.4. The molecule has 0 unspecified atom stereocenters. The van der Waals surface area contributed by atoms with Crippen LogP contribution in [0.2, 0.25) is 0 Å². The van der Waals surface area contributed by atoms with E-state index in [9.17, 15) is 0 Å². The SMILES string of the molecule is Cc1cc(N2CCCC2)nc(-n2ccnc2)n1. The Morgan fingerprint density at radius 3 is 2.71 bits per heavy atom. The Morgan fingerprint density at radius 2 is 2.00 bits per heavy atom. The van der Waals surface area contributed by atoms with Gasteiger partial charge in [-0.25, -0.2) is 9.97 Å². The Bertz CT molecular complexity index is 500. The number of aryl methyl sites for hydroxylation is 1. The molecule has 5 nitrogen and oxygen atoms in total. The number of nitrogens with zero attached hydrogens (tertiary/aromatic N) is 5. The molecule has 0 atom stereocenters. The van der Waals surface area contributed by atoms with Gasteiger partial charge in [-0.05, 0) is 19.8 Å². The van der Waals surface area contributed by atoms with Gasteiger partial charge in [0, 0.05) is 37.2 Å². The molecule has 0 bridgehead atoms. The molecule has 2 aromatic rings. The van der Waals surface area contributed by atoms with Crippen LogP contribution in [0.3, 0.4) is 0 Å². The lowest BCUT2D eigenvalue weighted by molar-refractivity contribution is 0.867. The van der Waals surface area contributed by atoms with Gasteiger partial charge in [0.25, 0.3) is 0 Å². The van der Waals surface area contributed by atoms with E-state index < -0.39 is 0 Å². The fraction of sp³-hybridized carbons (Fsp3) is 0.417. The summed E-state index contributed by atoms with van der Waals surface area (Å²) in [6.07, 6.45) is 7.83. The van der Waals surface area contributed by atoms with Crippen LogP contribution in [0.5, 0.6) is 0 Å². The highest BCUT2D eigenvalue weighted by Gasteiger charge is 2.15. The van der Waals surface area contributed by atoms with Crippen molar-refractivity contribution >= 4 is 5.82 Å². The van der Waals surface area contributed by atoms with Crippen LogP contribution in [0.1, 0.15) is 18.5 Å². The van der Waals surface area contributed by atoms with Gasteiger partial charge >= 0.3 is 0 Å². The molecule has 1 fully saturated rings. The first-order valence-corrected chi connectivity index (χ1v) is 5.92. The molecule has 0 spiro atoms. The summed E-state index contributed by atoms with van der Waals surface area (Å²) in [5, 5.41) is 0. The minimum Gasteiger partial charge on any atom is -0.356 e. The Labute approximate surface area is 100 Å². The van der Waals surface area contributed by atoms with Crippen molar-refractivity contribution < 1.29 is 0 Å². The number of hydrogen-bond donors (Lipinski definition) is 0. The predicted octanol–water partition coefficient (Wildman–Crippen LogP) is 1.57. The lowest BCUT2D eigenvalue weighted by Gasteiger charge is -2.17. The topological polar surface area (TPSA) is 46.8 Å². The van der Waals surface area contributed by atoms with Crippen molar-refractivity contribution in [2.24, 2.45) is 0 Å². The zero-order valence-electron chi connectivity index (χ0n) is 9.87. The summed E-state index contributed by atoms with van der Waals surface area (Å²) < 4.78 is 1.84. The second-order valence-electron chi connectivity index (χ2n) is 4.33. The molecule has 17 heavy (non-hydrogen) atoms. The van der Waals surface area contributed by atoms with E-state index >= 15 is 0 Å². The highest BCUT2D eigenvalue weighted by molar-refractivity contribution is 5.42. The minimum absolute atomic E-state index is 0.699. The predicted molar refractivity (Wildman–Crippen MR) is 65.3 cm³/mol. The first kappa shape index (κ1) is 10.3. The van der Waals surface area contributed by atoms with Crippen molar-refractivity contribution in [2.45, 2.75) is 19.8 Å². The maximum atomic E-state index is 4.60. The normalized spacial score (nSPS) is 15.5. The van der Waals surface area contributed by atoms with E-state index in [1.54, 1.807) is 12.5 Å². The summed E-state index contributed by atoms with van der Waals surface area (Å²) >= 11 is 0. The van der Waals surface area contributed by atoms with Gasteiger partial charge in [0.1, 0.15) is 12.1 Å². The number of imidazole rings is 1. The van der Waals surface area contributed by atoms with Crippen LogP contribution in [0.4, 0.5) is 5.82 Å². The summed E-state index contributed by atoms with van der Waals surface area (Å²) in [5.41, 5.74) is 0.991. The molecule has 2 aromatic heterocycles. The maximum absolute atomic E-state index is 4.60. The zero-order valence-corrected chi connectivity index (χ0v) is 9.87. The van der Waals surface area contributed by atoms with Crippen LogP contribution < -0.4 is 4.90 Å². The first-order valence-electron chi connectivity index (χ1n) is 5.92. The number of hydrogen-bond acceptors (Lipinski definition) is 4. The highest BCUT2D eigenvalue weighted by atomic mass is 15.3. The van der Waals surface area contributed by atoms with Crippen LogP contribution in [-0.4, -0.2) is 32.6 Å². The summed E-state index contributed by atoms with van der Waals surface area (Å²) in [6, 6.07) is 2.05. The van der Waals surface area contributed by atoms with Gasteiger partial charge in [0.15, 0.2) is 0 Å². The van der Waals surface area contributed by atoms with E-state index in [4.69, 9.17) is 0 Å². The summed E-state index contributed by atoms with van der Waals surface area (Å²) in [7, 11) is 0. The van der Waals surface area contributed by atoms with Crippen molar-refractivity contribution in [2.75, 3.05) is 18.0 Å². The van der Waals surface area contributed by atoms with E-state index in [2.05, 4.69) is 19.9 Å². The molecule has 0 amide bonds. The smallest absolute Gasteiger partial charge is 0.237 e. The molecule has 0 saturated carbocycles. The Morgan fingerprint density at radius 1 is 1.18 bits per heavy atom. The van der Waals surface area contributed by atoms with Gasteiger partial charge in [0.05, 0.1) is 0 Å². The molecule has 0 radical (unpaired) electrons. The Balaban J connectivity index is 2.00. The molecule has 3 rings (SSSR count). The monoisotopic (exact) mass is 229 g/mol. The number of anilines is 1. The fourth-order valence-corrected chi connectivity index (χ4v) is 2.14. The quantitative estimate of drug-likeness (QED) is 0.784. The van der Waals surface area contributed by atoms with Gasteiger partial charge in [-0.3, -0.25) is 4.57 Å². The van der Waals surface area contributed by atoms with Crippen molar-refractivity contribution in [1.29, 1.82) is 0 Å². The van der Waals surface area contributed by atoms with E-state index in [1.807, 2.05) is 23.8 Å². The Hall–Kier alpha value is -1.91. The van der Waals surface area contributed by atoms with Crippen LogP contribution in [-0.2, 0) is 0 Å². The van der Waals surface area contributed by atoms with Crippen molar-refractivity contribution in [1.82, 2.24) is 19.5 Å². The average Bonchev–Trinajstić information content (AvgIpc) is 3.02.